The standard InChI is InChI=1S/C16H27NO12.C9H17NO6/c1-5(19)17-7-12(8(20)6(4-18)27-15(7)26-3)28-16-11(23)9(21)10(22)13(29-16)14(24)25-2;1-4(12)10-6-8(14)7(13)5(3-11)16-9(6)15-2/h6-13,15-16,18,20-23H,4H2,1-3H3,(H,17,19);5-9,11,13-14H,3H2,1-2H3,(H,10,12)/p+2. The van der Waals surface area contributed by atoms with Crippen molar-refractivity contribution >= 4 is 17.8 Å². The first kappa shape index (κ1) is 39.0. The van der Waals surface area contributed by atoms with Gasteiger partial charge in [0.2, 0.25) is 11.8 Å². The second-order valence-corrected chi connectivity index (χ2v) is 10.4. The number of hydrogen-bond acceptors (Lipinski definition) is 18. The lowest BCUT2D eigenvalue weighted by atomic mass is 9.95. The number of aliphatic hydroxyl groups is 8. The lowest BCUT2D eigenvalue weighted by Crippen LogP contribution is -2.68. The van der Waals surface area contributed by atoms with Crippen LogP contribution in [-0.2, 0) is 47.5 Å². The summed E-state index contributed by atoms with van der Waals surface area (Å²) in [5.74, 6) is -1.91. The van der Waals surface area contributed by atoms with Gasteiger partial charge in [0.1, 0.15) is 67.0 Å². The number of esters is 1. The van der Waals surface area contributed by atoms with Gasteiger partial charge >= 0.3 is 8.82 Å². The van der Waals surface area contributed by atoms with E-state index < -0.39 is 117 Å². The Kier molecular flexibility index (Phi) is 15.3. The van der Waals surface area contributed by atoms with Crippen LogP contribution >= 0.6 is 0 Å². The van der Waals surface area contributed by atoms with Gasteiger partial charge in [-0.3, -0.25) is 9.59 Å². The van der Waals surface area contributed by atoms with Crippen LogP contribution < -0.4 is 10.6 Å². The van der Waals surface area contributed by atoms with E-state index in [9.17, 15) is 50.1 Å². The van der Waals surface area contributed by atoms with E-state index in [0.717, 1.165) is 7.11 Å². The van der Waals surface area contributed by atoms with Crippen LogP contribution in [0.15, 0.2) is 0 Å². The maximum atomic E-state index is 11.8. The molecule has 0 bridgehead atoms. The molecule has 0 aromatic rings. The average molecular weight is 663 g/mol. The van der Waals surface area contributed by atoms with Crippen LogP contribution in [0.2, 0.25) is 0 Å². The Hall–Kier alpha value is -2.15. The van der Waals surface area contributed by atoms with Gasteiger partial charge in [0.05, 0.1) is 20.3 Å². The van der Waals surface area contributed by atoms with Gasteiger partial charge in [0.25, 0.3) is 0 Å². The molecule has 0 aromatic carbocycles. The highest BCUT2D eigenvalue weighted by Gasteiger charge is 2.53. The molecule has 0 aliphatic carbocycles. The Morgan fingerprint density at radius 1 is 0.644 bits per heavy atom. The second kappa shape index (κ2) is 17.7. The first-order valence-electron chi connectivity index (χ1n) is 13.8. The number of hydrogen-bond donors (Lipinski definition) is 10. The fraction of sp³-hybridized carbons (Fsp3) is 0.880. The Bertz CT molecular complexity index is 971. The molecule has 3 fully saturated rings. The van der Waals surface area contributed by atoms with Gasteiger partial charge in [-0.1, -0.05) is 0 Å². The molecule has 2 amide bonds. The molecule has 3 rings (SSSR count). The topological polar surface area (TPSA) is 302 Å². The minimum Gasteiger partial charge on any atom is -0.467 e. The molecule has 262 valence electrons. The zero-order valence-electron chi connectivity index (χ0n) is 27.2. The maximum Gasteiger partial charge on any atom is 1.00 e. The number of aliphatic hydroxyl groups excluding tert-OH is 8. The monoisotopic (exact) mass is 662 g/mol. The van der Waals surface area contributed by atoms with Crippen molar-refractivity contribution < 1.29 is 91.2 Å². The predicted octanol–water partition coefficient (Wildman–Crippen LogP) is -6.62. The van der Waals surface area contributed by atoms with E-state index in [0.29, 0.717) is 0 Å². The van der Waals surface area contributed by atoms with Crippen LogP contribution in [0, 0.1) is 0 Å². The molecular weight excluding hydrogens is 616 g/mol. The number of nitrogens with one attached hydrogen (secondary N) is 2. The molecule has 3 saturated heterocycles. The van der Waals surface area contributed by atoms with E-state index in [1.54, 1.807) is 0 Å². The molecule has 20 heteroatoms. The van der Waals surface area contributed by atoms with Crippen molar-refractivity contribution in [3.63, 3.8) is 0 Å². The molecule has 15 atom stereocenters. The summed E-state index contributed by atoms with van der Waals surface area (Å²) in [5, 5.41) is 83.4. The largest absolute Gasteiger partial charge is 1.00 e. The lowest BCUT2D eigenvalue weighted by molar-refractivity contribution is -0.338. The second-order valence-electron chi connectivity index (χ2n) is 10.4. The number of carbonyl (C=O) groups is 3. The van der Waals surface area contributed by atoms with Crippen LogP contribution in [-0.4, -0.2) is 185 Å². The summed E-state index contributed by atoms with van der Waals surface area (Å²) < 4.78 is 36.0. The molecule has 45 heavy (non-hydrogen) atoms. The molecule has 10 N–H and O–H groups in total. The quantitative estimate of drug-likeness (QED) is 0.103. The first-order valence-corrected chi connectivity index (χ1v) is 13.8. The SMILES string of the molecule is COC(=O)C1OC(OC2C(O)C(CO)OC(OC)C2NC(C)=O)C(O)C(O)C1O.COC1OC(CO)C(O)C(O)C1NC(C)=O.[H+].[H+]. The van der Waals surface area contributed by atoms with Crippen molar-refractivity contribution in [1.82, 2.24) is 10.6 Å². The third-order valence-electron chi connectivity index (χ3n) is 7.23. The van der Waals surface area contributed by atoms with Crippen molar-refractivity contribution in [2.75, 3.05) is 34.5 Å². The number of rotatable bonds is 9. The van der Waals surface area contributed by atoms with Gasteiger partial charge in [-0.25, -0.2) is 4.79 Å². The van der Waals surface area contributed by atoms with E-state index in [2.05, 4.69) is 15.4 Å². The van der Waals surface area contributed by atoms with Gasteiger partial charge in [0, 0.05) is 28.1 Å². The Morgan fingerprint density at radius 3 is 1.60 bits per heavy atom. The van der Waals surface area contributed by atoms with Crippen molar-refractivity contribution in [3.8, 4) is 0 Å². The summed E-state index contributed by atoms with van der Waals surface area (Å²) >= 11 is 0. The number of amides is 2. The van der Waals surface area contributed by atoms with Crippen LogP contribution in [0.4, 0.5) is 0 Å². The minimum absolute atomic E-state index is 0. The Balaban J connectivity index is 0.00000100. The van der Waals surface area contributed by atoms with Crippen LogP contribution in [0.3, 0.4) is 0 Å². The number of carbonyl (C=O) groups excluding carboxylic acids is 3. The molecule has 0 radical (unpaired) electrons. The Labute approximate surface area is 260 Å². The summed E-state index contributed by atoms with van der Waals surface area (Å²) in [6.45, 7) is 1.43. The fourth-order valence-electron chi connectivity index (χ4n) is 4.92. The summed E-state index contributed by atoms with van der Waals surface area (Å²) in [4.78, 5) is 34.3. The zero-order valence-corrected chi connectivity index (χ0v) is 25.2. The van der Waals surface area contributed by atoms with Gasteiger partial charge < -0.3 is 84.6 Å². The molecular formula is C25H46N2O18+2. The van der Waals surface area contributed by atoms with Crippen LogP contribution in [0.5, 0.6) is 0 Å². The normalized spacial score (nSPS) is 41.7. The summed E-state index contributed by atoms with van der Waals surface area (Å²) in [7, 11) is 3.65. The fourth-order valence-corrected chi connectivity index (χ4v) is 4.92. The highest BCUT2D eigenvalue weighted by molar-refractivity contribution is 5.75. The number of methoxy groups -OCH3 is 3. The Morgan fingerprint density at radius 2 is 1.13 bits per heavy atom. The van der Waals surface area contributed by atoms with E-state index >= 15 is 0 Å². The number of ether oxygens (including phenoxy) is 7. The van der Waals surface area contributed by atoms with E-state index in [4.69, 9.17) is 33.5 Å². The molecule has 15 unspecified atom stereocenters. The van der Waals surface area contributed by atoms with Crippen LogP contribution in [0.1, 0.15) is 16.7 Å². The van der Waals surface area contributed by atoms with Crippen molar-refractivity contribution in [2.24, 2.45) is 0 Å². The van der Waals surface area contributed by atoms with Gasteiger partial charge in [-0.2, -0.15) is 0 Å². The predicted molar refractivity (Wildman–Crippen MR) is 145 cm³/mol. The molecule has 3 aliphatic heterocycles. The first-order chi connectivity index (χ1) is 21.2. The summed E-state index contributed by atoms with van der Waals surface area (Å²) in [5.41, 5.74) is 0. The van der Waals surface area contributed by atoms with Gasteiger partial charge in [-0.15, -0.1) is 0 Å². The van der Waals surface area contributed by atoms with E-state index in [1.165, 1.54) is 28.1 Å². The molecule has 20 nitrogen and oxygen atoms in total. The lowest BCUT2D eigenvalue weighted by Gasteiger charge is -2.46. The zero-order chi connectivity index (χ0) is 34.2. The summed E-state index contributed by atoms with van der Waals surface area (Å²) in [6.07, 6.45) is -18.3. The summed E-state index contributed by atoms with van der Waals surface area (Å²) in [6, 6.07) is -1.97. The third kappa shape index (κ3) is 9.45. The molecule has 0 aromatic heterocycles. The molecule has 0 saturated carbocycles. The molecule has 0 spiro atoms. The van der Waals surface area contributed by atoms with Gasteiger partial charge in [-0.05, 0) is 0 Å². The van der Waals surface area contributed by atoms with Crippen molar-refractivity contribution in [3.05, 3.63) is 0 Å². The van der Waals surface area contributed by atoms with Crippen molar-refractivity contribution in [1.29, 1.82) is 0 Å². The van der Waals surface area contributed by atoms with Crippen molar-refractivity contribution in [2.45, 2.75) is 106 Å². The van der Waals surface area contributed by atoms with E-state index in [-0.39, 0.29) is 8.76 Å². The maximum absolute atomic E-state index is 11.8. The van der Waals surface area contributed by atoms with Crippen LogP contribution in [0.25, 0.3) is 0 Å². The highest BCUT2D eigenvalue weighted by atomic mass is 16.7. The van der Waals surface area contributed by atoms with Gasteiger partial charge in [0.15, 0.2) is 25.0 Å². The minimum atomic E-state index is -1.83. The third-order valence-corrected chi connectivity index (χ3v) is 7.23. The smallest absolute Gasteiger partial charge is 0.467 e. The molecule has 3 aliphatic rings. The molecule has 3 heterocycles. The van der Waals surface area contributed by atoms with E-state index in [1.807, 2.05) is 0 Å². The average Bonchev–Trinajstić information content (AvgIpc) is 3.01. The highest BCUT2D eigenvalue weighted by Crippen LogP contribution is 2.30.